The maximum absolute atomic E-state index is 11.8. The quantitative estimate of drug-likeness (QED) is 0.0840. The molecule has 37 heavy (non-hydrogen) atoms. The van der Waals surface area contributed by atoms with Gasteiger partial charge in [0.05, 0.1) is 12.7 Å². The average molecular weight is 541 g/mol. The minimum atomic E-state index is -4.76. The molecule has 0 bridgehead atoms. The number of allylic oxidation sites excluding steroid dienone is 11. The number of carbonyl (C=O) groups excluding carboxylic acids is 2. The van der Waals surface area contributed by atoms with Gasteiger partial charge in [0.2, 0.25) is 0 Å². The topological polar surface area (TPSA) is 140 Å². The molecule has 208 valence electrons. The summed E-state index contributed by atoms with van der Waals surface area (Å²) in [5, 5.41) is 9.95. The highest BCUT2D eigenvalue weighted by atomic mass is 31.2. The number of carbonyl (C=O) groups is 2. The first kappa shape index (κ1) is 34.5. The predicted molar refractivity (Wildman–Crippen MR) is 143 cm³/mol. The molecular formula is C27H41O9P. The van der Waals surface area contributed by atoms with Crippen molar-refractivity contribution in [1.29, 1.82) is 0 Å². The number of rotatable bonds is 20. The minimum absolute atomic E-state index is 0.0939. The Morgan fingerprint density at radius 3 is 1.89 bits per heavy atom. The molecule has 0 aliphatic heterocycles. The number of aliphatic hydroxyl groups excluding tert-OH is 1. The lowest BCUT2D eigenvalue weighted by Crippen LogP contribution is -2.28. The van der Waals surface area contributed by atoms with Crippen molar-refractivity contribution in [3.63, 3.8) is 0 Å². The number of esters is 2. The molecule has 0 saturated heterocycles. The summed E-state index contributed by atoms with van der Waals surface area (Å²) in [6.07, 6.45) is 26.7. The molecule has 2 atom stereocenters. The van der Waals surface area contributed by atoms with Gasteiger partial charge in [-0.25, -0.2) is 4.57 Å². The summed E-state index contributed by atoms with van der Waals surface area (Å²) in [6.45, 7) is 2.17. The molecule has 0 fully saturated rings. The van der Waals surface area contributed by atoms with Crippen LogP contribution in [0, 0.1) is 0 Å². The fraction of sp³-hybridized carbons (Fsp3) is 0.481. The lowest BCUT2D eigenvalue weighted by molar-refractivity contribution is -0.159. The van der Waals surface area contributed by atoms with Gasteiger partial charge in [-0.05, 0) is 38.5 Å². The zero-order valence-electron chi connectivity index (χ0n) is 21.7. The van der Waals surface area contributed by atoms with E-state index in [0.29, 0.717) is 0 Å². The highest BCUT2D eigenvalue weighted by Crippen LogP contribution is 2.35. The molecule has 0 heterocycles. The Balaban J connectivity index is 4.06. The van der Waals surface area contributed by atoms with E-state index in [4.69, 9.17) is 19.3 Å². The lowest BCUT2D eigenvalue weighted by Gasteiger charge is -2.17. The van der Waals surface area contributed by atoms with Crippen LogP contribution in [0.15, 0.2) is 72.9 Å². The minimum Gasteiger partial charge on any atom is -0.462 e. The Labute approximate surface area is 220 Å². The summed E-state index contributed by atoms with van der Waals surface area (Å²) in [5.41, 5.74) is 0. The summed E-state index contributed by atoms with van der Waals surface area (Å²) >= 11 is 0. The SMILES string of the molecule is CC/C=C\C/C=C\C/C=C\C/C=C\C/C=C\C=C/C(O)CCC(=O)OC[C@H](COP(=O)(O)O)OC(C)=O. The van der Waals surface area contributed by atoms with Gasteiger partial charge in [-0.1, -0.05) is 79.8 Å². The van der Waals surface area contributed by atoms with Crippen LogP contribution in [0.4, 0.5) is 0 Å². The van der Waals surface area contributed by atoms with Crippen LogP contribution in [-0.4, -0.2) is 52.3 Å². The van der Waals surface area contributed by atoms with Crippen LogP contribution in [-0.2, 0) is 28.2 Å². The smallest absolute Gasteiger partial charge is 0.462 e. The van der Waals surface area contributed by atoms with Crippen LogP contribution in [0.25, 0.3) is 0 Å². The van der Waals surface area contributed by atoms with Crippen molar-refractivity contribution in [1.82, 2.24) is 0 Å². The normalized spacial score (nSPS) is 14.6. The van der Waals surface area contributed by atoms with Gasteiger partial charge >= 0.3 is 19.8 Å². The van der Waals surface area contributed by atoms with Crippen LogP contribution >= 0.6 is 7.82 Å². The molecule has 9 nitrogen and oxygen atoms in total. The molecule has 0 aromatic rings. The second kappa shape index (κ2) is 22.6. The number of phosphoric ester groups is 1. The fourth-order valence-electron chi connectivity index (χ4n) is 2.66. The molecule has 1 unspecified atom stereocenters. The molecule has 0 aromatic carbocycles. The first-order valence-electron chi connectivity index (χ1n) is 12.3. The van der Waals surface area contributed by atoms with E-state index in [1.165, 1.54) is 0 Å². The Morgan fingerprint density at radius 1 is 0.838 bits per heavy atom. The van der Waals surface area contributed by atoms with Crippen molar-refractivity contribution in [2.24, 2.45) is 0 Å². The van der Waals surface area contributed by atoms with Crippen molar-refractivity contribution in [2.45, 2.75) is 71.0 Å². The average Bonchev–Trinajstić information content (AvgIpc) is 2.83. The molecule has 0 spiro atoms. The van der Waals surface area contributed by atoms with Crippen LogP contribution in [0.3, 0.4) is 0 Å². The molecule has 0 aliphatic rings. The molecule has 0 aromatic heterocycles. The zero-order chi connectivity index (χ0) is 27.8. The Bertz CT molecular complexity index is 850. The number of hydrogen-bond acceptors (Lipinski definition) is 7. The molecule has 10 heteroatoms. The van der Waals surface area contributed by atoms with Gasteiger partial charge in [-0.3, -0.25) is 14.1 Å². The molecule has 0 aliphatic carbocycles. The maximum atomic E-state index is 11.8. The van der Waals surface area contributed by atoms with Crippen LogP contribution in [0.2, 0.25) is 0 Å². The Kier molecular flexibility index (Phi) is 21.1. The summed E-state index contributed by atoms with van der Waals surface area (Å²) in [5.74, 6) is -1.37. The van der Waals surface area contributed by atoms with Gasteiger partial charge < -0.3 is 24.4 Å². The Morgan fingerprint density at radius 2 is 1.38 bits per heavy atom. The maximum Gasteiger partial charge on any atom is 0.469 e. The lowest BCUT2D eigenvalue weighted by atomic mass is 10.2. The Hall–Kier alpha value is -2.55. The summed E-state index contributed by atoms with van der Waals surface area (Å²) in [4.78, 5) is 40.3. The van der Waals surface area contributed by atoms with Crippen LogP contribution < -0.4 is 0 Å². The second-order valence-electron chi connectivity index (χ2n) is 7.86. The van der Waals surface area contributed by atoms with E-state index < -0.39 is 45.2 Å². The summed E-state index contributed by atoms with van der Waals surface area (Å²) < 4.78 is 24.8. The van der Waals surface area contributed by atoms with Gasteiger partial charge in [0, 0.05) is 13.3 Å². The number of hydrogen-bond donors (Lipinski definition) is 3. The van der Waals surface area contributed by atoms with Gasteiger partial charge in [0.25, 0.3) is 0 Å². The van der Waals surface area contributed by atoms with Crippen molar-refractivity contribution in [3.8, 4) is 0 Å². The molecular weight excluding hydrogens is 499 g/mol. The van der Waals surface area contributed by atoms with Crippen molar-refractivity contribution < 1.29 is 43.0 Å². The molecule has 0 radical (unpaired) electrons. The number of aliphatic hydroxyl groups is 1. The molecule has 0 saturated carbocycles. The van der Waals surface area contributed by atoms with Gasteiger partial charge in [0.1, 0.15) is 6.61 Å². The summed E-state index contributed by atoms with van der Waals surface area (Å²) in [6, 6.07) is 0. The second-order valence-corrected chi connectivity index (χ2v) is 9.10. The van der Waals surface area contributed by atoms with E-state index in [-0.39, 0.29) is 12.8 Å². The van der Waals surface area contributed by atoms with Crippen molar-refractivity contribution in [3.05, 3.63) is 72.9 Å². The van der Waals surface area contributed by atoms with Crippen molar-refractivity contribution in [2.75, 3.05) is 13.2 Å². The number of ether oxygens (including phenoxy) is 2. The van der Waals surface area contributed by atoms with E-state index >= 15 is 0 Å². The first-order valence-corrected chi connectivity index (χ1v) is 13.8. The third-order valence-electron chi connectivity index (χ3n) is 4.41. The van der Waals surface area contributed by atoms with E-state index in [9.17, 15) is 19.3 Å². The molecule has 0 amide bonds. The van der Waals surface area contributed by atoms with E-state index in [1.54, 1.807) is 12.2 Å². The van der Waals surface area contributed by atoms with E-state index in [1.807, 2.05) is 12.2 Å². The van der Waals surface area contributed by atoms with Crippen LogP contribution in [0.1, 0.15) is 58.8 Å². The zero-order valence-corrected chi connectivity index (χ0v) is 22.6. The fourth-order valence-corrected chi connectivity index (χ4v) is 3.02. The van der Waals surface area contributed by atoms with Gasteiger partial charge in [-0.2, -0.15) is 0 Å². The van der Waals surface area contributed by atoms with Gasteiger partial charge in [-0.15, -0.1) is 0 Å². The standard InChI is InChI=1S/C27H41O9P/c1-3-4-5-6-7-8-9-10-11-12-13-14-15-16-17-18-19-25(29)20-21-27(30)34-22-26(36-24(2)28)23-35-37(31,32)33/h4-5,7-8,10-11,13-14,16-19,25-26,29H,3,6,9,12,15,20-23H2,1-2H3,(H2,31,32,33)/b5-4-,8-7-,11-10-,14-13-,17-16-,19-18-/t25?,26-/m1/s1. The third-order valence-corrected chi connectivity index (χ3v) is 4.89. The summed E-state index contributed by atoms with van der Waals surface area (Å²) in [7, 11) is -4.76. The highest BCUT2D eigenvalue weighted by Gasteiger charge is 2.22. The van der Waals surface area contributed by atoms with Crippen LogP contribution in [0.5, 0.6) is 0 Å². The van der Waals surface area contributed by atoms with E-state index in [2.05, 4.69) is 60.1 Å². The molecule has 0 rings (SSSR count). The third kappa shape index (κ3) is 26.3. The first-order chi connectivity index (χ1) is 17.6. The molecule has 3 N–H and O–H groups in total. The van der Waals surface area contributed by atoms with E-state index in [0.717, 1.165) is 39.0 Å². The largest absolute Gasteiger partial charge is 0.469 e. The highest BCUT2D eigenvalue weighted by molar-refractivity contribution is 7.46. The predicted octanol–water partition coefficient (Wildman–Crippen LogP) is 5.02. The monoisotopic (exact) mass is 540 g/mol. The van der Waals surface area contributed by atoms with Gasteiger partial charge in [0.15, 0.2) is 6.10 Å². The number of phosphoric acid groups is 1. The van der Waals surface area contributed by atoms with Crippen molar-refractivity contribution >= 4 is 19.8 Å².